The first-order chi connectivity index (χ1) is 8.49. The average Bonchev–Trinajstić information content (AvgIpc) is 2.31. The predicted molar refractivity (Wildman–Crippen MR) is 68.6 cm³/mol. The zero-order valence-electron chi connectivity index (χ0n) is 9.85. The van der Waals surface area contributed by atoms with Crippen molar-refractivity contribution in [2.45, 2.75) is 13.8 Å². The van der Waals surface area contributed by atoms with E-state index in [1.807, 2.05) is 32.0 Å². The molecule has 18 heavy (non-hydrogen) atoms. The maximum absolute atomic E-state index is 11.0. The Morgan fingerprint density at radius 1 is 1.33 bits per heavy atom. The third-order valence-electron chi connectivity index (χ3n) is 2.58. The Morgan fingerprint density at radius 2 is 2.06 bits per heavy atom. The second-order valence-electron chi connectivity index (χ2n) is 3.95. The number of nitro groups is 1. The minimum atomic E-state index is -0.507. The van der Waals surface area contributed by atoms with Crippen molar-refractivity contribution in [3.05, 3.63) is 50.9 Å². The van der Waals surface area contributed by atoms with Gasteiger partial charge in [-0.05, 0) is 37.1 Å². The van der Waals surface area contributed by atoms with Crippen LogP contribution in [-0.2, 0) is 0 Å². The molecule has 2 aromatic rings. The topological polar surface area (TPSA) is 68.9 Å². The number of hydrogen-bond acceptors (Lipinski definition) is 4. The van der Waals surface area contributed by atoms with Gasteiger partial charge in [0, 0.05) is 5.56 Å². The molecule has 0 aliphatic rings. The molecule has 0 atom stereocenters. The summed E-state index contributed by atoms with van der Waals surface area (Å²) in [7, 11) is 0. The molecule has 0 unspecified atom stereocenters. The van der Waals surface area contributed by atoms with Crippen molar-refractivity contribution >= 4 is 17.3 Å². The van der Waals surface area contributed by atoms with Crippen molar-refractivity contribution in [3.63, 3.8) is 0 Å². The van der Waals surface area contributed by atoms with E-state index in [-0.39, 0.29) is 16.7 Å². The minimum Gasteiger partial charge on any atom is -0.258 e. The summed E-state index contributed by atoms with van der Waals surface area (Å²) in [5.41, 5.74) is 2.71. The number of rotatable bonds is 2. The Balaban J connectivity index is 2.73. The molecule has 0 N–H and O–H groups in total. The van der Waals surface area contributed by atoms with Gasteiger partial charge in [-0.15, -0.1) is 0 Å². The van der Waals surface area contributed by atoms with Gasteiger partial charge in [-0.1, -0.05) is 17.7 Å². The monoisotopic (exact) mass is 263 g/mol. The van der Waals surface area contributed by atoms with Crippen LogP contribution in [0.15, 0.2) is 24.4 Å². The summed E-state index contributed by atoms with van der Waals surface area (Å²) < 4.78 is 0. The van der Waals surface area contributed by atoms with Gasteiger partial charge in [0.1, 0.15) is 6.20 Å². The SMILES string of the molecule is Cc1ccc(C)c(-c2nc(Cl)ncc2[N+](=O)[O-])c1. The van der Waals surface area contributed by atoms with Crippen LogP contribution in [-0.4, -0.2) is 14.9 Å². The van der Waals surface area contributed by atoms with Crippen molar-refractivity contribution in [2.75, 3.05) is 0 Å². The number of aryl methyl sites for hydroxylation is 2. The highest BCUT2D eigenvalue weighted by Crippen LogP contribution is 2.31. The summed E-state index contributed by atoms with van der Waals surface area (Å²) in [5.74, 6) is 0. The van der Waals surface area contributed by atoms with Gasteiger partial charge in [0.05, 0.1) is 4.92 Å². The molecule has 0 spiro atoms. The summed E-state index contributed by atoms with van der Waals surface area (Å²) in [6.07, 6.45) is 1.13. The molecule has 0 fully saturated rings. The molecule has 0 bridgehead atoms. The van der Waals surface area contributed by atoms with Crippen molar-refractivity contribution in [2.24, 2.45) is 0 Å². The van der Waals surface area contributed by atoms with E-state index < -0.39 is 4.92 Å². The van der Waals surface area contributed by atoms with Gasteiger partial charge in [-0.25, -0.2) is 9.97 Å². The molecule has 0 saturated heterocycles. The highest BCUT2D eigenvalue weighted by atomic mass is 35.5. The van der Waals surface area contributed by atoms with E-state index in [4.69, 9.17) is 11.6 Å². The normalized spacial score (nSPS) is 10.4. The van der Waals surface area contributed by atoms with Crippen LogP contribution >= 0.6 is 11.6 Å². The summed E-state index contributed by atoms with van der Waals surface area (Å²) >= 11 is 5.72. The molecule has 92 valence electrons. The summed E-state index contributed by atoms with van der Waals surface area (Å²) in [4.78, 5) is 18.1. The third kappa shape index (κ3) is 2.31. The van der Waals surface area contributed by atoms with E-state index in [1.165, 1.54) is 0 Å². The maximum atomic E-state index is 11.0. The Morgan fingerprint density at radius 3 is 2.72 bits per heavy atom. The summed E-state index contributed by atoms with van der Waals surface area (Å²) in [6, 6.07) is 5.68. The molecular formula is C12H10ClN3O2. The van der Waals surface area contributed by atoms with Crippen molar-refractivity contribution in [1.82, 2.24) is 9.97 Å². The van der Waals surface area contributed by atoms with E-state index in [2.05, 4.69) is 9.97 Å². The van der Waals surface area contributed by atoms with Crippen LogP contribution in [0.4, 0.5) is 5.69 Å². The Bertz CT molecular complexity index is 629. The number of hydrogen-bond donors (Lipinski definition) is 0. The number of nitrogens with zero attached hydrogens (tertiary/aromatic N) is 3. The maximum Gasteiger partial charge on any atom is 0.313 e. The molecule has 6 heteroatoms. The summed E-state index contributed by atoms with van der Waals surface area (Å²) in [6.45, 7) is 3.78. The fraction of sp³-hybridized carbons (Fsp3) is 0.167. The quantitative estimate of drug-likeness (QED) is 0.473. The summed E-state index contributed by atoms with van der Waals surface area (Å²) in [5, 5.41) is 11.0. The first-order valence-electron chi connectivity index (χ1n) is 5.23. The van der Waals surface area contributed by atoms with Crippen LogP contribution in [0.2, 0.25) is 5.28 Å². The Kier molecular flexibility index (Phi) is 3.25. The molecular weight excluding hydrogens is 254 g/mol. The van der Waals surface area contributed by atoms with Crippen molar-refractivity contribution < 1.29 is 4.92 Å². The van der Waals surface area contributed by atoms with Crippen molar-refractivity contribution in [1.29, 1.82) is 0 Å². The van der Waals surface area contributed by atoms with Gasteiger partial charge < -0.3 is 0 Å². The zero-order chi connectivity index (χ0) is 13.3. The lowest BCUT2D eigenvalue weighted by atomic mass is 10.0. The van der Waals surface area contributed by atoms with Crippen LogP contribution in [0.3, 0.4) is 0 Å². The van der Waals surface area contributed by atoms with E-state index in [1.54, 1.807) is 0 Å². The molecule has 0 amide bonds. The van der Waals surface area contributed by atoms with Crippen LogP contribution in [0.1, 0.15) is 11.1 Å². The molecule has 2 rings (SSSR count). The Labute approximate surface area is 109 Å². The van der Waals surface area contributed by atoms with Gasteiger partial charge in [0.15, 0.2) is 5.69 Å². The number of benzene rings is 1. The molecule has 1 aromatic carbocycles. The number of halogens is 1. The lowest BCUT2D eigenvalue weighted by molar-refractivity contribution is -0.384. The van der Waals surface area contributed by atoms with Gasteiger partial charge >= 0.3 is 5.69 Å². The fourth-order valence-corrected chi connectivity index (χ4v) is 1.81. The lowest BCUT2D eigenvalue weighted by Crippen LogP contribution is -1.98. The van der Waals surface area contributed by atoms with E-state index >= 15 is 0 Å². The molecule has 1 heterocycles. The smallest absolute Gasteiger partial charge is 0.258 e. The highest BCUT2D eigenvalue weighted by molar-refractivity contribution is 6.28. The highest BCUT2D eigenvalue weighted by Gasteiger charge is 2.19. The predicted octanol–water partition coefficient (Wildman–Crippen LogP) is 3.32. The first kappa shape index (κ1) is 12.4. The van der Waals surface area contributed by atoms with Crippen molar-refractivity contribution in [3.8, 4) is 11.3 Å². The van der Waals surface area contributed by atoms with E-state index in [0.29, 0.717) is 5.56 Å². The molecule has 0 saturated carbocycles. The molecule has 0 radical (unpaired) electrons. The third-order valence-corrected chi connectivity index (χ3v) is 2.77. The minimum absolute atomic E-state index is 0.00324. The van der Waals surface area contributed by atoms with Crippen LogP contribution < -0.4 is 0 Å². The molecule has 1 aromatic heterocycles. The second-order valence-corrected chi connectivity index (χ2v) is 4.29. The first-order valence-corrected chi connectivity index (χ1v) is 5.61. The van der Waals surface area contributed by atoms with Gasteiger partial charge in [-0.3, -0.25) is 10.1 Å². The molecule has 0 aliphatic heterocycles. The van der Waals surface area contributed by atoms with Crippen LogP contribution in [0.5, 0.6) is 0 Å². The fourth-order valence-electron chi connectivity index (χ4n) is 1.68. The van der Waals surface area contributed by atoms with Gasteiger partial charge in [0.2, 0.25) is 5.28 Å². The van der Waals surface area contributed by atoms with Gasteiger partial charge in [-0.2, -0.15) is 0 Å². The van der Waals surface area contributed by atoms with E-state index in [9.17, 15) is 10.1 Å². The Hall–Kier alpha value is -2.01. The standard InChI is InChI=1S/C12H10ClN3O2/c1-7-3-4-8(2)9(5-7)11-10(16(17)18)6-14-12(13)15-11/h3-6H,1-2H3. The average molecular weight is 264 g/mol. The van der Waals surface area contributed by atoms with Crippen LogP contribution in [0.25, 0.3) is 11.3 Å². The molecule has 5 nitrogen and oxygen atoms in total. The van der Waals surface area contributed by atoms with Gasteiger partial charge in [0.25, 0.3) is 0 Å². The van der Waals surface area contributed by atoms with E-state index in [0.717, 1.165) is 17.3 Å². The molecule has 0 aliphatic carbocycles. The van der Waals surface area contributed by atoms with Crippen LogP contribution in [0, 0.1) is 24.0 Å². The lowest BCUT2D eigenvalue weighted by Gasteiger charge is -2.07. The largest absolute Gasteiger partial charge is 0.313 e. The zero-order valence-corrected chi connectivity index (χ0v) is 10.6. The number of aromatic nitrogens is 2. The second kappa shape index (κ2) is 4.70.